The van der Waals surface area contributed by atoms with Crippen LogP contribution in [0.3, 0.4) is 0 Å². The molecule has 104 valence electrons. The molecule has 0 bridgehead atoms. The van der Waals surface area contributed by atoms with E-state index in [9.17, 15) is 9.18 Å². The number of benzene rings is 1. The predicted molar refractivity (Wildman–Crippen MR) is 73.1 cm³/mol. The van der Waals surface area contributed by atoms with Gasteiger partial charge < -0.3 is 10.6 Å². The van der Waals surface area contributed by atoms with Crippen LogP contribution >= 0.6 is 0 Å². The van der Waals surface area contributed by atoms with Crippen LogP contribution in [0.4, 0.5) is 4.39 Å². The van der Waals surface area contributed by atoms with Gasteiger partial charge in [0.2, 0.25) is 5.91 Å². The lowest BCUT2D eigenvalue weighted by Crippen LogP contribution is -2.54. The maximum absolute atomic E-state index is 13.5. The highest BCUT2D eigenvalue weighted by atomic mass is 19.1. The summed E-state index contributed by atoms with van der Waals surface area (Å²) in [6.45, 7) is 5.50. The summed E-state index contributed by atoms with van der Waals surface area (Å²) < 4.78 is 13.5. The van der Waals surface area contributed by atoms with E-state index in [4.69, 9.17) is 5.73 Å². The molecule has 0 spiro atoms. The summed E-state index contributed by atoms with van der Waals surface area (Å²) in [5, 5.41) is 0. The highest BCUT2D eigenvalue weighted by Crippen LogP contribution is 2.29. The molecule has 1 aliphatic heterocycles. The first kappa shape index (κ1) is 14.0. The van der Waals surface area contributed by atoms with Crippen LogP contribution < -0.4 is 5.73 Å². The Hall–Kier alpha value is -1.42. The minimum Gasteiger partial charge on any atom is -0.341 e. The van der Waals surface area contributed by atoms with Crippen LogP contribution in [0, 0.1) is 11.2 Å². The van der Waals surface area contributed by atoms with Crippen LogP contribution in [-0.4, -0.2) is 29.9 Å². The van der Waals surface area contributed by atoms with E-state index in [0.29, 0.717) is 18.7 Å². The van der Waals surface area contributed by atoms with Crippen molar-refractivity contribution in [3.8, 4) is 0 Å². The zero-order chi connectivity index (χ0) is 14.0. The van der Waals surface area contributed by atoms with Crippen molar-refractivity contribution in [2.75, 3.05) is 13.1 Å². The normalized spacial score (nSPS) is 22.3. The summed E-state index contributed by atoms with van der Waals surface area (Å²) in [6.07, 6.45) is 0.997. The maximum atomic E-state index is 13.5. The number of piperidine rings is 1. The van der Waals surface area contributed by atoms with E-state index in [1.807, 2.05) is 0 Å². The molecule has 0 aliphatic carbocycles. The molecular formula is C15H21FN2O. The third-order valence-electron chi connectivity index (χ3n) is 4.10. The molecule has 1 aromatic carbocycles. The molecule has 1 fully saturated rings. The van der Waals surface area contributed by atoms with E-state index in [2.05, 4.69) is 13.8 Å². The number of carbonyl (C=O) groups excluding carboxylic acids is 1. The molecule has 0 aromatic heterocycles. The molecule has 1 saturated heterocycles. The van der Waals surface area contributed by atoms with Crippen LogP contribution in [0.1, 0.15) is 25.8 Å². The average Bonchev–Trinajstić information content (AvgIpc) is 2.35. The van der Waals surface area contributed by atoms with Crippen molar-refractivity contribution in [1.82, 2.24) is 4.90 Å². The largest absolute Gasteiger partial charge is 0.341 e. The lowest BCUT2D eigenvalue weighted by molar-refractivity contribution is -0.133. The number of rotatable bonds is 2. The van der Waals surface area contributed by atoms with Crippen molar-refractivity contribution in [3.63, 3.8) is 0 Å². The number of hydrogen-bond donors (Lipinski definition) is 1. The zero-order valence-corrected chi connectivity index (χ0v) is 11.5. The Morgan fingerprint density at radius 2 is 2.16 bits per heavy atom. The molecule has 1 atom stereocenters. The van der Waals surface area contributed by atoms with Crippen molar-refractivity contribution in [2.24, 2.45) is 11.1 Å². The summed E-state index contributed by atoms with van der Waals surface area (Å²) in [5.41, 5.74) is 6.61. The standard InChI is InChI=1S/C15H21FN2O/c1-15(2)7-8-18(10-13(15)17)14(19)9-11-5-3-4-6-12(11)16/h3-6,13H,7-10,17H2,1-2H3. The number of hydrogen-bond acceptors (Lipinski definition) is 2. The van der Waals surface area contributed by atoms with E-state index in [0.717, 1.165) is 6.42 Å². The molecule has 2 N–H and O–H groups in total. The van der Waals surface area contributed by atoms with Crippen molar-refractivity contribution in [3.05, 3.63) is 35.6 Å². The van der Waals surface area contributed by atoms with Gasteiger partial charge in [0.1, 0.15) is 5.82 Å². The van der Waals surface area contributed by atoms with Gasteiger partial charge >= 0.3 is 0 Å². The fourth-order valence-corrected chi connectivity index (χ4v) is 2.33. The van der Waals surface area contributed by atoms with Crippen molar-refractivity contribution in [1.29, 1.82) is 0 Å². The molecule has 3 nitrogen and oxygen atoms in total. The van der Waals surface area contributed by atoms with Gasteiger partial charge in [0.15, 0.2) is 0 Å². The van der Waals surface area contributed by atoms with Crippen molar-refractivity contribution in [2.45, 2.75) is 32.7 Å². The molecule has 19 heavy (non-hydrogen) atoms. The molecule has 0 radical (unpaired) electrons. The summed E-state index contributed by atoms with van der Waals surface area (Å²) >= 11 is 0. The minimum absolute atomic E-state index is 0.0224. The number of nitrogens with zero attached hydrogens (tertiary/aromatic N) is 1. The zero-order valence-electron chi connectivity index (χ0n) is 11.5. The second-order valence-electron chi connectivity index (χ2n) is 5.95. The molecule has 1 unspecified atom stereocenters. The van der Waals surface area contributed by atoms with E-state index >= 15 is 0 Å². The van der Waals surface area contributed by atoms with E-state index < -0.39 is 0 Å². The Kier molecular flexibility index (Phi) is 3.90. The first-order chi connectivity index (χ1) is 8.90. The molecular weight excluding hydrogens is 243 g/mol. The van der Waals surface area contributed by atoms with Crippen LogP contribution in [0.15, 0.2) is 24.3 Å². The quantitative estimate of drug-likeness (QED) is 0.887. The van der Waals surface area contributed by atoms with Crippen molar-refractivity contribution < 1.29 is 9.18 Å². The van der Waals surface area contributed by atoms with Crippen LogP contribution in [0.25, 0.3) is 0 Å². The van der Waals surface area contributed by atoms with Crippen molar-refractivity contribution >= 4 is 5.91 Å². The van der Waals surface area contributed by atoms with E-state index in [1.54, 1.807) is 23.1 Å². The minimum atomic E-state index is -0.322. The Morgan fingerprint density at radius 3 is 2.79 bits per heavy atom. The van der Waals surface area contributed by atoms with Crippen LogP contribution in [0.2, 0.25) is 0 Å². The Balaban J connectivity index is 2.00. The second-order valence-corrected chi connectivity index (χ2v) is 5.95. The number of likely N-dealkylation sites (tertiary alicyclic amines) is 1. The maximum Gasteiger partial charge on any atom is 0.227 e. The Morgan fingerprint density at radius 1 is 1.47 bits per heavy atom. The molecule has 1 amide bonds. The topological polar surface area (TPSA) is 46.3 Å². The molecule has 1 aliphatic rings. The van der Waals surface area contributed by atoms with Gasteiger partial charge in [-0.05, 0) is 23.5 Å². The monoisotopic (exact) mass is 264 g/mol. The van der Waals surface area contributed by atoms with Gasteiger partial charge in [-0.1, -0.05) is 32.0 Å². The SMILES string of the molecule is CC1(C)CCN(C(=O)Cc2ccccc2F)CC1N. The van der Waals surface area contributed by atoms with Gasteiger partial charge in [-0.15, -0.1) is 0 Å². The summed E-state index contributed by atoms with van der Waals surface area (Å²) in [7, 11) is 0. The number of nitrogens with two attached hydrogens (primary N) is 1. The van der Waals surface area contributed by atoms with Crippen LogP contribution in [0.5, 0.6) is 0 Å². The molecule has 4 heteroatoms. The van der Waals surface area contributed by atoms with Gasteiger partial charge in [-0.3, -0.25) is 4.79 Å². The first-order valence-electron chi connectivity index (χ1n) is 6.67. The van der Waals surface area contributed by atoms with Gasteiger partial charge in [0, 0.05) is 19.1 Å². The van der Waals surface area contributed by atoms with Gasteiger partial charge in [0.05, 0.1) is 6.42 Å². The molecule has 1 heterocycles. The number of carbonyl (C=O) groups is 1. The van der Waals surface area contributed by atoms with Gasteiger partial charge in [0.25, 0.3) is 0 Å². The first-order valence-corrected chi connectivity index (χ1v) is 6.67. The highest BCUT2D eigenvalue weighted by molar-refractivity contribution is 5.79. The smallest absolute Gasteiger partial charge is 0.227 e. The van der Waals surface area contributed by atoms with Crippen LogP contribution in [-0.2, 0) is 11.2 Å². The third-order valence-corrected chi connectivity index (χ3v) is 4.10. The molecule has 1 aromatic rings. The highest BCUT2D eigenvalue weighted by Gasteiger charge is 2.34. The fourth-order valence-electron chi connectivity index (χ4n) is 2.33. The summed E-state index contributed by atoms with van der Waals surface area (Å²) in [4.78, 5) is 13.9. The number of amides is 1. The third kappa shape index (κ3) is 3.13. The molecule has 2 rings (SSSR count). The summed E-state index contributed by atoms with van der Waals surface area (Å²) in [6, 6.07) is 6.39. The second kappa shape index (κ2) is 5.29. The van der Waals surface area contributed by atoms with E-state index in [-0.39, 0.29) is 29.6 Å². The summed E-state index contributed by atoms with van der Waals surface area (Å²) in [5.74, 6) is -0.367. The van der Waals surface area contributed by atoms with Gasteiger partial charge in [-0.2, -0.15) is 0 Å². The molecule has 0 saturated carbocycles. The average molecular weight is 264 g/mol. The number of halogens is 1. The predicted octanol–water partition coefficient (Wildman–Crippen LogP) is 1.95. The fraction of sp³-hybridized carbons (Fsp3) is 0.533. The lowest BCUT2D eigenvalue weighted by atomic mass is 9.78. The lowest BCUT2D eigenvalue weighted by Gasteiger charge is -2.42. The Bertz CT molecular complexity index is 473. The Labute approximate surface area is 113 Å². The van der Waals surface area contributed by atoms with E-state index in [1.165, 1.54) is 6.07 Å². The van der Waals surface area contributed by atoms with Gasteiger partial charge in [-0.25, -0.2) is 4.39 Å².